The molecule has 1 aromatic carbocycles. The molecule has 0 saturated carbocycles. The molecular weight excluding hydrogens is 332 g/mol. The summed E-state index contributed by atoms with van der Waals surface area (Å²) >= 11 is 5.49. The van der Waals surface area contributed by atoms with Gasteiger partial charge < -0.3 is 5.32 Å². The zero-order chi connectivity index (χ0) is 13.9. The maximum absolute atomic E-state index is 4.94. The van der Waals surface area contributed by atoms with Crippen LogP contribution in [0.3, 0.4) is 0 Å². The zero-order valence-electron chi connectivity index (χ0n) is 11.7. The predicted molar refractivity (Wildman–Crippen MR) is 89.2 cm³/mol. The largest absolute Gasteiger partial charge is 0.309 e. The van der Waals surface area contributed by atoms with Crippen molar-refractivity contribution < 1.29 is 0 Å². The van der Waals surface area contributed by atoms with Crippen molar-refractivity contribution in [3.8, 4) is 10.6 Å². The first-order valence-corrected chi connectivity index (χ1v) is 8.88. The molecule has 4 heteroatoms. The van der Waals surface area contributed by atoms with E-state index in [-0.39, 0.29) is 0 Å². The monoisotopic (exact) mass is 350 g/mol. The molecule has 1 N–H and O–H groups in total. The van der Waals surface area contributed by atoms with Crippen molar-refractivity contribution in [2.24, 2.45) is 0 Å². The summed E-state index contributed by atoms with van der Waals surface area (Å²) in [7, 11) is 0. The molecule has 3 rings (SSSR count). The highest BCUT2D eigenvalue weighted by molar-refractivity contribution is 9.10. The van der Waals surface area contributed by atoms with E-state index in [4.69, 9.17) is 4.98 Å². The molecule has 1 heterocycles. The number of thiazole rings is 1. The van der Waals surface area contributed by atoms with Crippen molar-refractivity contribution in [2.75, 3.05) is 6.54 Å². The van der Waals surface area contributed by atoms with E-state index in [0.29, 0.717) is 6.04 Å². The second kappa shape index (κ2) is 6.37. The highest BCUT2D eigenvalue weighted by atomic mass is 79.9. The van der Waals surface area contributed by atoms with E-state index in [2.05, 4.69) is 46.4 Å². The second-order valence-corrected chi connectivity index (χ2v) is 7.14. The van der Waals surface area contributed by atoms with Crippen molar-refractivity contribution >= 4 is 27.3 Å². The first-order valence-electron chi connectivity index (χ1n) is 7.27. The Balaban J connectivity index is 1.93. The minimum Gasteiger partial charge on any atom is -0.309 e. The summed E-state index contributed by atoms with van der Waals surface area (Å²) in [6.45, 7) is 3.29. The lowest BCUT2D eigenvalue weighted by molar-refractivity contribution is 0.454. The predicted octanol–water partition coefficient (Wildman–Crippen LogP) is 4.95. The van der Waals surface area contributed by atoms with Crippen LogP contribution in [0.25, 0.3) is 10.6 Å². The van der Waals surface area contributed by atoms with E-state index in [9.17, 15) is 0 Å². The molecule has 0 radical (unpaired) electrons. The lowest BCUT2D eigenvalue weighted by Gasteiger charge is -2.22. The standard InChI is InChI=1S/C16H19BrN2S/c1-2-10-18-13-8-5-9-14-15(13)19-16(20-14)11-6-3-4-7-12(11)17/h3-4,6-7,13,18H,2,5,8-10H2,1H3. The Morgan fingerprint density at radius 1 is 1.40 bits per heavy atom. The third kappa shape index (κ3) is 2.83. The molecule has 106 valence electrons. The maximum atomic E-state index is 4.94. The van der Waals surface area contributed by atoms with Gasteiger partial charge in [0.05, 0.1) is 11.7 Å². The molecule has 2 nitrogen and oxygen atoms in total. The molecule has 0 aliphatic heterocycles. The average molecular weight is 351 g/mol. The van der Waals surface area contributed by atoms with Gasteiger partial charge in [0.25, 0.3) is 0 Å². The van der Waals surface area contributed by atoms with Gasteiger partial charge in [-0.05, 0) is 38.3 Å². The maximum Gasteiger partial charge on any atom is 0.125 e. The molecule has 1 atom stereocenters. The smallest absolute Gasteiger partial charge is 0.125 e. The van der Waals surface area contributed by atoms with Crippen LogP contribution in [0.4, 0.5) is 0 Å². The molecule has 2 aromatic rings. The van der Waals surface area contributed by atoms with Gasteiger partial charge in [-0.1, -0.05) is 41.1 Å². The molecule has 1 unspecified atom stereocenters. The number of halogens is 1. The van der Waals surface area contributed by atoms with Gasteiger partial charge in [-0.3, -0.25) is 0 Å². The summed E-state index contributed by atoms with van der Waals surface area (Å²) < 4.78 is 1.13. The van der Waals surface area contributed by atoms with E-state index in [1.807, 2.05) is 17.4 Å². The summed E-state index contributed by atoms with van der Waals surface area (Å²) in [6.07, 6.45) is 4.84. The van der Waals surface area contributed by atoms with E-state index in [0.717, 1.165) is 16.0 Å². The van der Waals surface area contributed by atoms with Crippen molar-refractivity contribution in [2.45, 2.75) is 38.6 Å². The molecule has 0 spiro atoms. The molecule has 0 bridgehead atoms. The van der Waals surface area contributed by atoms with Crippen molar-refractivity contribution in [3.63, 3.8) is 0 Å². The molecule has 20 heavy (non-hydrogen) atoms. The zero-order valence-corrected chi connectivity index (χ0v) is 14.1. The Morgan fingerprint density at radius 3 is 3.05 bits per heavy atom. The number of nitrogens with one attached hydrogen (secondary N) is 1. The number of rotatable bonds is 4. The normalized spacial score (nSPS) is 18.0. The third-order valence-electron chi connectivity index (χ3n) is 3.70. The van der Waals surface area contributed by atoms with Crippen LogP contribution in [-0.4, -0.2) is 11.5 Å². The Morgan fingerprint density at radius 2 is 2.25 bits per heavy atom. The first-order chi connectivity index (χ1) is 9.79. The van der Waals surface area contributed by atoms with Gasteiger partial charge in [-0.2, -0.15) is 0 Å². The number of hydrogen-bond donors (Lipinski definition) is 1. The SMILES string of the molecule is CCCNC1CCCc2sc(-c3ccccc3Br)nc21. The van der Waals surface area contributed by atoms with Gasteiger partial charge in [0, 0.05) is 14.9 Å². The fourth-order valence-corrected chi connectivity index (χ4v) is 4.49. The Hall–Kier alpha value is -0.710. The van der Waals surface area contributed by atoms with E-state index >= 15 is 0 Å². The van der Waals surface area contributed by atoms with Gasteiger partial charge in [0.15, 0.2) is 0 Å². The summed E-state index contributed by atoms with van der Waals surface area (Å²) in [6, 6.07) is 8.80. The molecule has 1 aromatic heterocycles. The Labute approximate surface area is 132 Å². The molecule has 0 amide bonds. The average Bonchev–Trinajstić information content (AvgIpc) is 2.89. The van der Waals surface area contributed by atoms with Crippen LogP contribution in [0, 0.1) is 0 Å². The molecule has 0 saturated heterocycles. The van der Waals surface area contributed by atoms with Gasteiger partial charge in [0.2, 0.25) is 0 Å². The van der Waals surface area contributed by atoms with Gasteiger partial charge in [0.1, 0.15) is 5.01 Å². The minimum absolute atomic E-state index is 0.450. The van der Waals surface area contributed by atoms with Crippen LogP contribution >= 0.6 is 27.3 Å². The summed E-state index contributed by atoms with van der Waals surface area (Å²) in [5.41, 5.74) is 2.50. The lowest BCUT2D eigenvalue weighted by Crippen LogP contribution is -2.25. The quantitative estimate of drug-likeness (QED) is 0.843. The van der Waals surface area contributed by atoms with E-state index in [1.54, 1.807) is 0 Å². The van der Waals surface area contributed by atoms with Crippen LogP contribution in [0.15, 0.2) is 28.7 Å². The van der Waals surface area contributed by atoms with E-state index < -0.39 is 0 Å². The van der Waals surface area contributed by atoms with Crippen LogP contribution in [-0.2, 0) is 6.42 Å². The van der Waals surface area contributed by atoms with Crippen LogP contribution in [0.2, 0.25) is 0 Å². The van der Waals surface area contributed by atoms with Crippen LogP contribution < -0.4 is 5.32 Å². The second-order valence-electron chi connectivity index (χ2n) is 5.21. The molecular formula is C16H19BrN2S. The third-order valence-corrected chi connectivity index (χ3v) is 5.55. The Kier molecular flexibility index (Phi) is 4.54. The topological polar surface area (TPSA) is 24.9 Å². The van der Waals surface area contributed by atoms with Gasteiger partial charge >= 0.3 is 0 Å². The number of aromatic nitrogens is 1. The van der Waals surface area contributed by atoms with Gasteiger partial charge in [-0.15, -0.1) is 11.3 Å². The van der Waals surface area contributed by atoms with E-state index in [1.165, 1.54) is 41.8 Å². The fourth-order valence-electron chi connectivity index (χ4n) is 2.69. The number of hydrogen-bond acceptors (Lipinski definition) is 3. The van der Waals surface area contributed by atoms with Crippen LogP contribution in [0.5, 0.6) is 0 Å². The molecule has 0 fully saturated rings. The Bertz CT molecular complexity index is 594. The fraction of sp³-hybridized carbons (Fsp3) is 0.438. The highest BCUT2D eigenvalue weighted by Crippen LogP contribution is 2.39. The number of benzene rings is 1. The number of nitrogens with zero attached hydrogens (tertiary/aromatic N) is 1. The number of fused-ring (bicyclic) bond motifs is 1. The molecule has 1 aliphatic rings. The summed E-state index contributed by atoms with van der Waals surface area (Å²) in [4.78, 5) is 6.41. The summed E-state index contributed by atoms with van der Waals surface area (Å²) in [5, 5.41) is 4.79. The highest BCUT2D eigenvalue weighted by Gasteiger charge is 2.24. The lowest BCUT2D eigenvalue weighted by atomic mass is 9.97. The van der Waals surface area contributed by atoms with Crippen molar-refractivity contribution in [1.29, 1.82) is 0 Å². The van der Waals surface area contributed by atoms with Crippen LogP contribution in [0.1, 0.15) is 42.8 Å². The van der Waals surface area contributed by atoms with Crippen molar-refractivity contribution in [1.82, 2.24) is 10.3 Å². The summed E-state index contributed by atoms with van der Waals surface area (Å²) in [5.74, 6) is 0. The number of aryl methyl sites for hydroxylation is 1. The van der Waals surface area contributed by atoms with Crippen molar-refractivity contribution in [3.05, 3.63) is 39.3 Å². The van der Waals surface area contributed by atoms with Gasteiger partial charge in [-0.25, -0.2) is 4.98 Å². The first kappa shape index (κ1) is 14.2. The molecule has 1 aliphatic carbocycles. The minimum atomic E-state index is 0.450.